The average molecular weight is 348 g/mol. The third kappa shape index (κ3) is 6.22. The Morgan fingerprint density at radius 3 is 2.24 bits per heavy atom. The van der Waals surface area contributed by atoms with Crippen molar-refractivity contribution < 1.29 is 13.6 Å². The Morgan fingerprint density at radius 1 is 1.14 bits per heavy atom. The molecule has 21 heavy (non-hydrogen) atoms. The lowest BCUT2D eigenvalue weighted by atomic mass is 9.99. The lowest BCUT2D eigenvalue weighted by Crippen LogP contribution is -2.50. The zero-order valence-electron chi connectivity index (χ0n) is 12.0. The fourth-order valence-electron chi connectivity index (χ4n) is 3.05. The van der Waals surface area contributed by atoms with Crippen LogP contribution in [-0.4, -0.2) is 60.9 Å². The quantitative estimate of drug-likeness (QED) is 0.842. The molecule has 0 bridgehead atoms. The molecule has 1 aliphatic heterocycles. The summed E-state index contributed by atoms with van der Waals surface area (Å²) in [4.78, 5) is 15.6. The van der Waals surface area contributed by atoms with Gasteiger partial charge in [0.1, 0.15) is 0 Å². The molecule has 0 aromatic heterocycles. The van der Waals surface area contributed by atoms with Crippen LogP contribution in [0.15, 0.2) is 0 Å². The van der Waals surface area contributed by atoms with Crippen molar-refractivity contribution in [2.24, 2.45) is 11.7 Å². The summed E-state index contributed by atoms with van der Waals surface area (Å²) < 4.78 is 24.5. The van der Waals surface area contributed by atoms with Crippen molar-refractivity contribution >= 4 is 30.7 Å². The number of carbonyl (C=O) groups excluding carboxylic acids is 1. The molecule has 8 heteroatoms. The number of alkyl halides is 2. The third-order valence-corrected chi connectivity index (χ3v) is 4.28. The summed E-state index contributed by atoms with van der Waals surface area (Å²) in [5.41, 5.74) is 5.97. The zero-order chi connectivity index (χ0) is 13.8. The second-order valence-electron chi connectivity index (χ2n) is 5.63. The molecular formula is C13H25Cl2F2N3O. The second kappa shape index (κ2) is 9.77. The summed E-state index contributed by atoms with van der Waals surface area (Å²) >= 11 is 0. The molecular weight excluding hydrogens is 323 g/mol. The number of nitrogens with zero attached hydrogens (tertiary/aromatic N) is 2. The van der Waals surface area contributed by atoms with Gasteiger partial charge in [0.05, 0.1) is 6.54 Å². The topological polar surface area (TPSA) is 49.6 Å². The van der Waals surface area contributed by atoms with Gasteiger partial charge in [-0.25, -0.2) is 8.78 Å². The maximum Gasteiger partial charge on any atom is 0.251 e. The lowest BCUT2D eigenvalue weighted by Gasteiger charge is -2.35. The number of rotatable bonds is 4. The molecule has 1 saturated heterocycles. The Balaban J connectivity index is 0.00000200. The van der Waals surface area contributed by atoms with Crippen molar-refractivity contribution in [2.45, 2.75) is 38.2 Å². The van der Waals surface area contributed by atoms with Crippen molar-refractivity contribution in [3.63, 3.8) is 0 Å². The molecule has 0 spiro atoms. The summed E-state index contributed by atoms with van der Waals surface area (Å²) in [5.74, 6) is 0.450. The molecule has 4 nitrogen and oxygen atoms in total. The normalized spacial score (nSPS) is 26.4. The van der Waals surface area contributed by atoms with Gasteiger partial charge in [0.25, 0.3) is 6.43 Å². The van der Waals surface area contributed by atoms with E-state index >= 15 is 0 Å². The molecule has 126 valence electrons. The minimum atomic E-state index is -2.29. The maximum atomic E-state index is 12.3. The van der Waals surface area contributed by atoms with Gasteiger partial charge in [-0.3, -0.25) is 9.69 Å². The number of amides is 1. The fourth-order valence-corrected chi connectivity index (χ4v) is 3.05. The number of hydrogen-bond donors (Lipinski definition) is 1. The molecule has 1 saturated carbocycles. The minimum absolute atomic E-state index is 0. The summed E-state index contributed by atoms with van der Waals surface area (Å²) in [7, 11) is 0. The first-order chi connectivity index (χ1) is 9.06. The van der Waals surface area contributed by atoms with Crippen LogP contribution < -0.4 is 5.73 Å². The highest BCUT2D eigenvalue weighted by atomic mass is 35.5. The van der Waals surface area contributed by atoms with Gasteiger partial charge in [0.2, 0.25) is 5.91 Å². The Hall–Kier alpha value is -0.170. The van der Waals surface area contributed by atoms with E-state index in [1.165, 1.54) is 0 Å². The van der Waals surface area contributed by atoms with Crippen LogP contribution in [0.25, 0.3) is 0 Å². The molecule has 1 aliphatic carbocycles. The first kappa shape index (κ1) is 20.8. The lowest BCUT2D eigenvalue weighted by molar-refractivity contribution is -0.134. The van der Waals surface area contributed by atoms with Crippen molar-refractivity contribution in [1.82, 2.24) is 9.80 Å². The third-order valence-electron chi connectivity index (χ3n) is 4.28. The van der Waals surface area contributed by atoms with E-state index in [1.54, 1.807) is 9.80 Å². The number of hydrogen-bond acceptors (Lipinski definition) is 3. The summed E-state index contributed by atoms with van der Waals surface area (Å²) in [6.45, 7) is 2.04. The maximum absolute atomic E-state index is 12.3. The van der Waals surface area contributed by atoms with E-state index in [2.05, 4.69) is 0 Å². The first-order valence-corrected chi connectivity index (χ1v) is 7.10. The van der Waals surface area contributed by atoms with Crippen LogP contribution in [0.4, 0.5) is 8.78 Å². The largest absolute Gasteiger partial charge is 0.340 e. The van der Waals surface area contributed by atoms with Gasteiger partial charge in [-0.05, 0) is 18.8 Å². The standard InChI is InChI=1S/C13H23F2N3O.2ClH/c14-12(15)9-17-4-6-18(7-5-17)13(19)8-10-2-1-3-11(10)16;;/h10-12H,1-9,16H2;2*1H/t10-,11+;;/m0../s1. The number of halogens is 4. The van der Waals surface area contributed by atoms with E-state index < -0.39 is 6.43 Å². The first-order valence-electron chi connectivity index (χ1n) is 7.10. The van der Waals surface area contributed by atoms with Crippen molar-refractivity contribution in [1.29, 1.82) is 0 Å². The Bertz CT molecular complexity index is 316. The predicted octanol–water partition coefficient (Wildman–Crippen LogP) is 1.76. The van der Waals surface area contributed by atoms with E-state index in [1.807, 2.05) is 0 Å². The molecule has 2 fully saturated rings. The SMILES string of the molecule is Cl.Cl.N[C@@H]1CCC[C@H]1CC(=O)N1CCN(CC(F)F)CC1. The molecule has 2 atom stereocenters. The summed E-state index contributed by atoms with van der Waals surface area (Å²) in [5, 5.41) is 0. The van der Waals surface area contributed by atoms with Gasteiger partial charge in [-0.1, -0.05) is 6.42 Å². The van der Waals surface area contributed by atoms with Gasteiger partial charge in [-0.2, -0.15) is 0 Å². The highest BCUT2D eigenvalue weighted by Gasteiger charge is 2.29. The average Bonchev–Trinajstić information content (AvgIpc) is 2.75. The van der Waals surface area contributed by atoms with Gasteiger partial charge in [0.15, 0.2) is 0 Å². The van der Waals surface area contributed by atoms with Crippen molar-refractivity contribution in [3.05, 3.63) is 0 Å². The van der Waals surface area contributed by atoms with Crippen LogP contribution in [0.3, 0.4) is 0 Å². The number of nitrogens with two attached hydrogens (primary N) is 1. The van der Waals surface area contributed by atoms with Gasteiger partial charge < -0.3 is 10.6 Å². The highest BCUT2D eigenvalue weighted by molar-refractivity contribution is 5.85. The summed E-state index contributed by atoms with van der Waals surface area (Å²) in [6.07, 6.45) is 1.40. The van der Waals surface area contributed by atoms with Gasteiger partial charge >= 0.3 is 0 Å². The molecule has 1 heterocycles. The second-order valence-corrected chi connectivity index (χ2v) is 5.63. The van der Waals surface area contributed by atoms with Crippen LogP contribution in [0, 0.1) is 5.92 Å². The van der Waals surface area contributed by atoms with E-state index in [-0.39, 0.29) is 43.3 Å². The van der Waals surface area contributed by atoms with E-state index in [4.69, 9.17) is 5.73 Å². The molecule has 2 N–H and O–H groups in total. The monoisotopic (exact) mass is 347 g/mol. The van der Waals surface area contributed by atoms with Crippen LogP contribution in [-0.2, 0) is 4.79 Å². The molecule has 0 unspecified atom stereocenters. The van der Waals surface area contributed by atoms with E-state index in [0.717, 1.165) is 19.3 Å². The van der Waals surface area contributed by atoms with Crippen LogP contribution in [0.5, 0.6) is 0 Å². The van der Waals surface area contributed by atoms with Gasteiger partial charge in [0, 0.05) is 38.6 Å². The smallest absolute Gasteiger partial charge is 0.251 e. The number of piperazine rings is 1. The van der Waals surface area contributed by atoms with Crippen LogP contribution in [0.2, 0.25) is 0 Å². The molecule has 2 rings (SSSR count). The number of carbonyl (C=O) groups is 1. The molecule has 0 radical (unpaired) electrons. The van der Waals surface area contributed by atoms with Crippen LogP contribution in [0.1, 0.15) is 25.7 Å². The minimum Gasteiger partial charge on any atom is -0.340 e. The zero-order valence-corrected chi connectivity index (χ0v) is 13.7. The molecule has 2 aliphatic rings. The van der Waals surface area contributed by atoms with Crippen molar-refractivity contribution in [2.75, 3.05) is 32.7 Å². The molecule has 0 aromatic carbocycles. The Labute approximate surface area is 137 Å². The van der Waals surface area contributed by atoms with Crippen molar-refractivity contribution in [3.8, 4) is 0 Å². The predicted molar refractivity (Wildman–Crippen MR) is 83.5 cm³/mol. The van der Waals surface area contributed by atoms with E-state index in [9.17, 15) is 13.6 Å². The summed E-state index contributed by atoms with van der Waals surface area (Å²) in [6, 6.07) is 0.157. The molecule has 0 aromatic rings. The fraction of sp³-hybridized carbons (Fsp3) is 0.923. The van der Waals surface area contributed by atoms with Crippen LogP contribution >= 0.6 is 24.8 Å². The Morgan fingerprint density at radius 2 is 1.76 bits per heavy atom. The van der Waals surface area contributed by atoms with Gasteiger partial charge in [-0.15, -0.1) is 24.8 Å². The molecule has 1 amide bonds. The van der Waals surface area contributed by atoms with E-state index in [0.29, 0.717) is 38.5 Å². The highest BCUT2D eigenvalue weighted by Crippen LogP contribution is 2.27. The Kier molecular flexibility index (Phi) is 9.69.